The van der Waals surface area contributed by atoms with Gasteiger partial charge in [-0.25, -0.2) is 8.78 Å². The largest absolute Gasteiger partial charge is 0.507 e. The molecule has 3 aromatic rings. The highest BCUT2D eigenvalue weighted by Gasteiger charge is 2.51. The summed E-state index contributed by atoms with van der Waals surface area (Å²) in [5.41, 5.74) is 3.42. The number of alkyl halides is 2. The van der Waals surface area contributed by atoms with Crippen molar-refractivity contribution in [3.63, 3.8) is 0 Å². The van der Waals surface area contributed by atoms with Gasteiger partial charge in [0.15, 0.2) is 6.10 Å². The lowest BCUT2D eigenvalue weighted by Crippen LogP contribution is -2.56. The Balaban J connectivity index is 1.56. The number of likely N-dealkylation sites (tertiary alicyclic amines) is 1. The van der Waals surface area contributed by atoms with Crippen molar-refractivity contribution in [2.24, 2.45) is 0 Å². The quantitative estimate of drug-likeness (QED) is 0.309. The number of nitrogens with zero attached hydrogens (tertiary/aromatic N) is 1. The van der Waals surface area contributed by atoms with E-state index in [2.05, 4.69) is 10.6 Å². The van der Waals surface area contributed by atoms with Gasteiger partial charge in [-0.15, -0.1) is 0 Å². The highest BCUT2D eigenvalue weighted by molar-refractivity contribution is 5.97. The molecule has 1 fully saturated rings. The Bertz CT molecular complexity index is 1460. The summed E-state index contributed by atoms with van der Waals surface area (Å²) in [4.78, 5) is 40.6. The monoisotopic (exact) mass is 579 g/mol. The molecular weight excluding hydrogens is 544 g/mol. The van der Waals surface area contributed by atoms with Gasteiger partial charge < -0.3 is 25.7 Å². The van der Waals surface area contributed by atoms with Crippen LogP contribution in [0.15, 0.2) is 66.7 Å². The smallest absolute Gasteiger partial charge is 0.267 e. The summed E-state index contributed by atoms with van der Waals surface area (Å²) in [5, 5.41) is 26.9. The predicted molar refractivity (Wildman–Crippen MR) is 153 cm³/mol. The van der Waals surface area contributed by atoms with Crippen LogP contribution in [-0.4, -0.2) is 63.5 Å². The van der Waals surface area contributed by atoms with Crippen molar-refractivity contribution < 1.29 is 33.4 Å². The van der Waals surface area contributed by atoms with Gasteiger partial charge in [-0.05, 0) is 55.5 Å². The SMILES string of the molecule is Cc1ccccc1CNC(=O)[C@@H]1CC(F)(F)CN1C(=O)[C@@H](O)[C@H](Cc1ccccc1)NC(=O)c1ccc(C)c(O)c1C. The number of rotatable bonds is 9. The summed E-state index contributed by atoms with van der Waals surface area (Å²) in [6, 6.07) is 16.4. The lowest BCUT2D eigenvalue weighted by molar-refractivity contribution is -0.147. The van der Waals surface area contributed by atoms with E-state index in [-0.39, 0.29) is 24.3 Å². The number of aromatic hydroxyl groups is 1. The molecule has 0 bridgehead atoms. The molecule has 0 aliphatic carbocycles. The molecule has 1 aliphatic rings. The molecule has 4 rings (SSSR count). The minimum atomic E-state index is -3.34. The number of phenols is 1. The third kappa shape index (κ3) is 6.94. The van der Waals surface area contributed by atoms with Crippen LogP contribution in [0.4, 0.5) is 8.78 Å². The van der Waals surface area contributed by atoms with Crippen LogP contribution >= 0.6 is 0 Å². The summed E-state index contributed by atoms with van der Waals surface area (Å²) in [6.45, 7) is 4.16. The molecule has 222 valence electrons. The van der Waals surface area contributed by atoms with Crippen LogP contribution in [0.1, 0.15) is 44.6 Å². The standard InChI is InChI=1S/C32H35F2N3O5/c1-19-9-7-8-12-23(19)17-35-30(41)26-16-32(33,34)18-37(26)31(42)28(39)25(15-22-10-5-4-6-11-22)36-29(40)24-14-13-20(2)27(38)21(24)3/h4-14,25-26,28,38-39H,15-18H2,1-3H3,(H,35,41)(H,36,40)/t25-,26-,28-/m0/s1. The zero-order valence-electron chi connectivity index (χ0n) is 23.7. The number of halogens is 2. The highest BCUT2D eigenvalue weighted by atomic mass is 19.3. The lowest BCUT2D eigenvalue weighted by atomic mass is 9.98. The maximum Gasteiger partial charge on any atom is 0.267 e. The molecule has 1 aliphatic heterocycles. The van der Waals surface area contributed by atoms with Gasteiger partial charge in [-0.3, -0.25) is 14.4 Å². The maximum atomic E-state index is 14.6. The normalized spacial score (nSPS) is 17.4. The van der Waals surface area contributed by atoms with Crippen LogP contribution in [-0.2, 0) is 22.6 Å². The van der Waals surface area contributed by atoms with Crippen molar-refractivity contribution in [3.05, 3.63) is 100 Å². The zero-order chi connectivity index (χ0) is 30.6. The van der Waals surface area contributed by atoms with Crippen LogP contribution < -0.4 is 10.6 Å². The molecular formula is C32H35F2N3O5. The second-order valence-electron chi connectivity index (χ2n) is 10.8. The van der Waals surface area contributed by atoms with E-state index in [1.54, 1.807) is 62.4 Å². The molecule has 0 unspecified atom stereocenters. The van der Waals surface area contributed by atoms with Gasteiger partial charge in [-0.1, -0.05) is 60.7 Å². The van der Waals surface area contributed by atoms with E-state index in [0.29, 0.717) is 21.6 Å². The molecule has 0 saturated carbocycles. The minimum absolute atomic E-state index is 0.00472. The fourth-order valence-corrected chi connectivity index (χ4v) is 5.17. The summed E-state index contributed by atoms with van der Waals surface area (Å²) in [5.74, 6) is -5.90. The third-order valence-corrected chi connectivity index (χ3v) is 7.70. The molecule has 3 atom stereocenters. The first-order valence-corrected chi connectivity index (χ1v) is 13.7. The summed E-state index contributed by atoms with van der Waals surface area (Å²) in [7, 11) is 0. The fraction of sp³-hybridized carbons (Fsp3) is 0.344. The van der Waals surface area contributed by atoms with Gasteiger partial charge in [0, 0.05) is 24.1 Å². The number of benzene rings is 3. The number of carbonyl (C=O) groups excluding carboxylic acids is 3. The Morgan fingerprint density at radius 1 is 0.976 bits per heavy atom. The van der Waals surface area contributed by atoms with Crippen molar-refractivity contribution in [1.29, 1.82) is 0 Å². The summed E-state index contributed by atoms with van der Waals surface area (Å²) < 4.78 is 29.2. The number of aliphatic hydroxyl groups is 1. The second kappa shape index (κ2) is 12.7. The highest BCUT2D eigenvalue weighted by Crippen LogP contribution is 2.33. The summed E-state index contributed by atoms with van der Waals surface area (Å²) >= 11 is 0. The van der Waals surface area contributed by atoms with Crippen molar-refractivity contribution >= 4 is 17.7 Å². The van der Waals surface area contributed by atoms with E-state index < -0.39 is 54.8 Å². The molecule has 1 saturated heterocycles. The number of hydrogen-bond acceptors (Lipinski definition) is 5. The number of amides is 3. The molecule has 0 radical (unpaired) electrons. The molecule has 8 nitrogen and oxygen atoms in total. The molecule has 0 spiro atoms. The van der Waals surface area contributed by atoms with Crippen LogP contribution in [0, 0.1) is 20.8 Å². The van der Waals surface area contributed by atoms with Crippen molar-refractivity contribution in [2.75, 3.05) is 6.54 Å². The van der Waals surface area contributed by atoms with Gasteiger partial charge >= 0.3 is 0 Å². The molecule has 42 heavy (non-hydrogen) atoms. The predicted octanol–water partition coefficient (Wildman–Crippen LogP) is 3.57. The number of aryl methyl sites for hydroxylation is 2. The molecule has 4 N–H and O–H groups in total. The second-order valence-corrected chi connectivity index (χ2v) is 10.8. The van der Waals surface area contributed by atoms with Crippen molar-refractivity contribution in [1.82, 2.24) is 15.5 Å². The Labute approximate surface area is 243 Å². The van der Waals surface area contributed by atoms with Crippen LogP contribution in [0.25, 0.3) is 0 Å². The Hall–Kier alpha value is -4.31. The average molecular weight is 580 g/mol. The lowest BCUT2D eigenvalue weighted by Gasteiger charge is -2.30. The zero-order valence-corrected chi connectivity index (χ0v) is 23.7. The average Bonchev–Trinajstić information content (AvgIpc) is 3.30. The van der Waals surface area contributed by atoms with Gasteiger partial charge in [0.2, 0.25) is 5.91 Å². The van der Waals surface area contributed by atoms with Gasteiger partial charge in [0.05, 0.1) is 12.6 Å². The fourth-order valence-electron chi connectivity index (χ4n) is 5.17. The number of phenolic OH excluding ortho intramolecular Hbond substituents is 1. The molecule has 3 aromatic carbocycles. The summed E-state index contributed by atoms with van der Waals surface area (Å²) in [6.07, 6.45) is -2.82. The maximum absolute atomic E-state index is 14.6. The minimum Gasteiger partial charge on any atom is -0.507 e. The first-order chi connectivity index (χ1) is 19.9. The molecule has 10 heteroatoms. The van der Waals surface area contributed by atoms with E-state index in [4.69, 9.17) is 0 Å². The topological polar surface area (TPSA) is 119 Å². The Morgan fingerprint density at radius 3 is 2.33 bits per heavy atom. The van der Waals surface area contributed by atoms with E-state index >= 15 is 0 Å². The van der Waals surface area contributed by atoms with Crippen molar-refractivity contribution in [2.45, 2.75) is 64.3 Å². The van der Waals surface area contributed by atoms with E-state index in [0.717, 1.165) is 11.1 Å². The number of aliphatic hydroxyl groups excluding tert-OH is 1. The third-order valence-electron chi connectivity index (χ3n) is 7.70. The van der Waals surface area contributed by atoms with Gasteiger partial charge in [0.1, 0.15) is 11.8 Å². The number of nitrogens with one attached hydrogen (secondary N) is 2. The number of hydrogen-bond donors (Lipinski definition) is 4. The Morgan fingerprint density at radius 2 is 1.64 bits per heavy atom. The van der Waals surface area contributed by atoms with E-state index in [1.807, 2.05) is 19.1 Å². The number of carbonyl (C=O) groups is 3. The first kappa shape index (κ1) is 30.6. The first-order valence-electron chi connectivity index (χ1n) is 13.7. The molecule has 1 heterocycles. The molecule has 0 aromatic heterocycles. The Kier molecular flexibility index (Phi) is 9.26. The van der Waals surface area contributed by atoms with E-state index in [9.17, 15) is 33.4 Å². The van der Waals surface area contributed by atoms with Gasteiger partial charge in [0.25, 0.3) is 17.7 Å². The molecule has 3 amide bonds. The van der Waals surface area contributed by atoms with Crippen LogP contribution in [0.3, 0.4) is 0 Å². The van der Waals surface area contributed by atoms with E-state index in [1.165, 1.54) is 6.07 Å². The van der Waals surface area contributed by atoms with Gasteiger partial charge in [-0.2, -0.15) is 0 Å². The van der Waals surface area contributed by atoms with Crippen molar-refractivity contribution in [3.8, 4) is 5.75 Å². The van der Waals surface area contributed by atoms with Crippen LogP contribution in [0.2, 0.25) is 0 Å². The van der Waals surface area contributed by atoms with Crippen LogP contribution in [0.5, 0.6) is 5.75 Å².